The fourth-order valence-corrected chi connectivity index (χ4v) is 6.01. The lowest BCUT2D eigenvalue weighted by Crippen LogP contribution is -2.39. The summed E-state index contributed by atoms with van der Waals surface area (Å²) in [5.74, 6) is -5.18. The van der Waals surface area contributed by atoms with Gasteiger partial charge in [-0.1, -0.05) is 48.5 Å². The van der Waals surface area contributed by atoms with Crippen LogP contribution in [0.25, 0.3) is 22.0 Å². The van der Waals surface area contributed by atoms with E-state index in [9.17, 15) is 41.1 Å². The summed E-state index contributed by atoms with van der Waals surface area (Å²) < 4.78 is 75.1. The number of aryl methyl sites for hydroxylation is 2. The number of hydrogen-bond acceptors (Lipinski definition) is 8. The van der Waals surface area contributed by atoms with Crippen molar-refractivity contribution in [2.24, 2.45) is 0 Å². The molecule has 60 heavy (non-hydrogen) atoms. The zero-order valence-corrected chi connectivity index (χ0v) is 32.8. The largest absolute Gasteiger partial charge is 0.493 e. The van der Waals surface area contributed by atoms with Gasteiger partial charge in [0.05, 0.1) is 17.7 Å². The summed E-state index contributed by atoms with van der Waals surface area (Å²) in [6.45, 7) is 1.39. The minimum atomic E-state index is -4.41. The zero-order valence-electron chi connectivity index (χ0n) is 32.8. The number of likely N-dealkylation sites (N-methyl/N-ethyl adjacent to an activating group) is 1. The second kappa shape index (κ2) is 20.7. The Morgan fingerprint density at radius 1 is 0.800 bits per heavy atom. The molecule has 0 aliphatic rings. The Morgan fingerprint density at radius 2 is 1.40 bits per heavy atom. The lowest BCUT2D eigenvalue weighted by atomic mass is 10.0. The van der Waals surface area contributed by atoms with E-state index >= 15 is 0 Å². The molecule has 0 saturated heterocycles. The highest BCUT2D eigenvalue weighted by atomic mass is 19.4. The van der Waals surface area contributed by atoms with Crippen LogP contribution in [-0.2, 0) is 46.5 Å². The predicted octanol–water partition coefficient (Wildman–Crippen LogP) is 5.62. The number of aliphatic carboxylic acids is 2. The first kappa shape index (κ1) is 46.5. The molecule has 0 spiro atoms. The third-order valence-electron chi connectivity index (χ3n) is 9.31. The monoisotopic (exact) mass is 841 g/mol. The van der Waals surface area contributed by atoms with Crippen molar-refractivity contribution in [3.8, 4) is 16.9 Å². The molecule has 0 aliphatic heterocycles. The number of pyridine rings is 1. The predicted molar refractivity (Wildman–Crippen MR) is 211 cm³/mol. The number of carbonyl (C=O) groups excluding carboxylic acids is 1. The molecule has 5 rings (SSSR count). The first-order chi connectivity index (χ1) is 28.3. The minimum Gasteiger partial charge on any atom is -0.493 e. The summed E-state index contributed by atoms with van der Waals surface area (Å²) in [7, 11) is 5.59. The Morgan fingerprint density at radius 3 is 1.97 bits per heavy atom. The number of halogens is 5. The average Bonchev–Trinajstić information content (AvgIpc) is 3.20. The van der Waals surface area contributed by atoms with Crippen LogP contribution in [0.1, 0.15) is 28.8 Å². The molecule has 0 aliphatic carbocycles. The summed E-state index contributed by atoms with van der Waals surface area (Å²) in [5, 5.41) is 32.9. The first-order valence-corrected chi connectivity index (χ1v) is 18.5. The van der Waals surface area contributed by atoms with Crippen molar-refractivity contribution in [3.63, 3.8) is 0 Å². The van der Waals surface area contributed by atoms with E-state index in [1.807, 2.05) is 31.1 Å². The lowest BCUT2D eigenvalue weighted by molar-refractivity contribution is -0.165. The SMILES string of the molecule is CN(C)CCCOc1ccc2c(=O)cc(CCc3cccc(F)c3F)n(CC(=O)N(C)Cc3ccc(-c4ccc(C(F)(F)F)cc4)cc3)c2c1.O=C(O)C(O)C(O)C(=O)O. The van der Waals surface area contributed by atoms with Crippen LogP contribution in [0.3, 0.4) is 0 Å². The number of amides is 1. The second-order valence-electron chi connectivity index (χ2n) is 14.1. The molecule has 1 aromatic heterocycles. The van der Waals surface area contributed by atoms with Gasteiger partial charge in [-0.25, -0.2) is 18.4 Å². The topological polar surface area (TPSA) is 170 Å². The second-order valence-corrected chi connectivity index (χ2v) is 14.1. The van der Waals surface area contributed by atoms with Gasteiger partial charge in [0, 0.05) is 43.4 Å². The summed E-state index contributed by atoms with van der Waals surface area (Å²) >= 11 is 0. The van der Waals surface area contributed by atoms with E-state index in [2.05, 4.69) is 0 Å². The maximum Gasteiger partial charge on any atom is 0.416 e. The molecule has 320 valence electrons. The van der Waals surface area contributed by atoms with Crippen molar-refractivity contribution < 1.29 is 61.5 Å². The Kier molecular flexibility index (Phi) is 16.0. The molecule has 2 unspecified atom stereocenters. The number of fused-ring (bicyclic) bond motifs is 1. The number of rotatable bonds is 16. The van der Waals surface area contributed by atoms with Gasteiger partial charge >= 0.3 is 18.1 Å². The highest BCUT2D eigenvalue weighted by Crippen LogP contribution is 2.31. The Labute approximate surface area is 341 Å². The zero-order chi connectivity index (χ0) is 44.3. The molecule has 4 aromatic carbocycles. The molecule has 0 bridgehead atoms. The fourth-order valence-electron chi connectivity index (χ4n) is 6.01. The van der Waals surface area contributed by atoms with Crippen LogP contribution in [0.2, 0.25) is 0 Å². The third-order valence-corrected chi connectivity index (χ3v) is 9.31. The molecular weight excluding hydrogens is 797 g/mol. The summed E-state index contributed by atoms with van der Waals surface area (Å²) in [4.78, 5) is 50.1. The maximum absolute atomic E-state index is 14.5. The summed E-state index contributed by atoms with van der Waals surface area (Å²) in [5.41, 5.74) is 2.31. The van der Waals surface area contributed by atoms with Crippen molar-refractivity contribution >= 4 is 28.7 Å². The molecule has 0 fully saturated rings. The molecule has 17 heteroatoms. The quantitative estimate of drug-likeness (QED) is 0.0723. The number of carboxylic acids is 2. The lowest BCUT2D eigenvalue weighted by Gasteiger charge is -2.22. The fraction of sp³-hybridized carbons (Fsp3) is 0.302. The van der Waals surface area contributed by atoms with Gasteiger partial charge in [0.1, 0.15) is 12.3 Å². The third kappa shape index (κ3) is 12.7. The Bertz CT molecular complexity index is 2320. The highest BCUT2D eigenvalue weighted by molar-refractivity contribution is 5.84. The molecular formula is C43H44F5N3O9. The molecule has 0 radical (unpaired) electrons. The van der Waals surface area contributed by atoms with E-state index in [4.69, 9.17) is 25.2 Å². The first-order valence-electron chi connectivity index (χ1n) is 18.5. The molecule has 5 aromatic rings. The maximum atomic E-state index is 14.5. The number of nitrogens with zero attached hydrogens (tertiary/aromatic N) is 3. The van der Waals surface area contributed by atoms with Gasteiger partial charge in [-0.05, 0) is 85.9 Å². The van der Waals surface area contributed by atoms with Crippen LogP contribution < -0.4 is 10.2 Å². The number of hydrogen-bond donors (Lipinski definition) is 4. The minimum absolute atomic E-state index is 0.102. The number of aromatic nitrogens is 1. The number of aliphatic hydroxyl groups excluding tert-OH is 2. The van der Waals surface area contributed by atoms with Gasteiger partial charge < -0.3 is 39.5 Å². The summed E-state index contributed by atoms with van der Waals surface area (Å²) in [6.07, 6.45) is -7.89. The highest BCUT2D eigenvalue weighted by Gasteiger charge is 2.30. The van der Waals surface area contributed by atoms with Gasteiger partial charge in [-0.15, -0.1) is 0 Å². The molecule has 4 N–H and O–H groups in total. The van der Waals surface area contributed by atoms with Crippen LogP contribution in [0, 0.1) is 11.6 Å². The summed E-state index contributed by atoms with van der Waals surface area (Å²) in [6, 6.07) is 22.6. The Hall–Kier alpha value is -6.17. The van der Waals surface area contributed by atoms with Crippen molar-refractivity contribution in [1.29, 1.82) is 0 Å². The standard InChI is InChI=1S/C39H38F5N3O3.C4H6O6/c1-45(2)20-5-21-50-32-18-19-33-35(23-32)47(31(22-36(33)48)17-14-29-6-4-7-34(40)38(29)41)25-37(49)46(3)24-26-8-10-27(11-9-26)28-12-15-30(16-13-28)39(42,43)44;5-1(3(7)8)2(6)4(9)10/h4,6-13,15-16,18-19,22-23H,5,14,17,20-21,24-25H2,1-3H3;1-2,5-6H,(H,7,8)(H,9,10). The Balaban J connectivity index is 0.000000703. The van der Waals surface area contributed by atoms with Crippen LogP contribution in [0.15, 0.2) is 95.8 Å². The van der Waals surface area contributed by atoms with Crippen LogP contribution in [0.5, 0.6) is 5.75 Å². The van der Waals surface area contributed by atoms with E-state index in [1.165, 1.54) is 35.2 Å². The molecule has 1 heterocycles. The van der Waals surface area contributed by atoms with Gasteiger partial charge in [0.2, 0.25) is 5.91 Å². The van der Waals surface area contributed by atoms with Crippen molar-refractivity contribution in [2.75, 3.05) is 34.3 Å². The van der Waals surface area contributed by atoms with E-state index in [-0.39, 0.29) is 42.8 Å². The average molecular weight is 842 g/mol. The molecule has 0 saturated carbocycles. The number of carboxylic acid groups (broad SMARTS) is 2. The van der Waals surface area contributed by atoms with Crippen LogP contribution in [0.4, 0.5) is 22.0 Å². The van der Waals surface area contributed by atoms with E-state index < -0.39 is 47.5 Å². The van der Waals surface area contributed by atoms with Crippen LogP contribution in [-0.4, -0.2) is 99.1 Å². The van der Waals surface area contributed by atoms with Gasteiger partial charge in [0.15, 0.2) is 29.3 Å². The number of benzene rings is 4. The number of aliphatic hydroxyl groups is 2. The molecule has 2 atom stereocenters. The number of carbonyl (C=O) groups is 3. The normalized spacial score (nSPS) is 12.4. The molecule has 1 amide bonds. The van der Waals surface area contributed by atoms with Crippen LogP contribution >= 0.6 is 0 Å². The van der Waals surface area contributed by atoms with Gasteiger partial charge in [-0.3, -0.25) is 9.59 Å². The van der Waals surface area contributed by atoms with Crippen molar-refractivity contribution in [1.82, 2.24) is 14.4 Å². The smallest absolute Gasteiger partial charge is 0.416 e. The van der Waals surface area contributed by atoms with Gasteiger partial charge in [0.25, 0.3) is 0 Å². The number of ether oxygens (including phenoxy) is 1. The van der Waals surface area contributed by atoms with E-state index in [1.54, 1.807) is 41.9 Å². The van der Waals surface area contributed by atoms with Crippen molar-refractivity contribution in [2.45, 2.75) is 50.7 Å². The van der Waals surface area contributed by atoms with E-state index in [0.29, 0.717) is 34.5 Å². The number of alkyl halides is 3. The molecule has 12 nitrogen and oxygen atoms in total. The van der Waals surface area contributed by atoms with Crippen molar-refractivity contribution in [3.05, 3.63) is 135 Å². The van der Waals surface area contributed by atoms with Gasteiger partial charge in [-0.2, -0.15) is 13.2 Å². The van der Waals surface area contributed by atoms with E-state index in [0.717, 1.165) is 42.3 Å².